The third-order valence-corrected chi connectivity index (χ3v) is 4.37. The SMILES string of the molecule is Cl.O=C(NC1CCc2cc(Br)ccc21)C1CCCN1. The highest BCUT2D eigenvalue weighted by Gasteiger charge is 2.28. The molecule has 2 unspecified atom stereocenters. The maximum atomic E-state index is 12.1. The van der Waals surface area contributed by atoms with Crippen molar-refractivity contribution in [3.63, 3.8) is 0 Å². The maximum absolute atomic E-state index is 12.1. The van der Waals surface area contributed by atoms with Gasteiger partial charge in [-0.15, -0.1) is 12.4 Å². The van der Waals surface area contributed by atoms with Gasteiger partial charge < -0.3 is 10.6 Å². The van der Waals surface area contributed by atoms with Gasteiger partial charge in [0.2, 0.25) is 5.91 Å². The smallest absolute Gasteiger partial charge is 0.237 e. The van der Waals surface area contributed by atoms with E-state index in [0.29, 0.717) is 0 Å². The second-order valence-electron chi connectivity index (χ2n) is 5.09. The minimum absolute atomic E-state index is 0. The van der Waals surface area contributed by atoms with E-state index in [2.05, 4.69) is 44.8 Å². The summed E-state index contributed by atoms with van der Waals surface area (Å²) in [6.45, 7) is 0.965. The summed E-state index contributed by atoms with van der Waals surface area (Å²) in [6, 6.07) is 6.55. The van der Waals surface area contributed by atoms with Gasteiger partial charge >= 0.3 is 0 Å². The molecule has 2 N–H and O–H groups in total. The lowest BCUT2D eigenvalue weighted by atomic mass is 10.1. The average Bonchev–Trinajstić information content (AvgIpc) is 2.98. The molecule has 3 nitrogen and oxygen atoms in total. The zero-order chi connectivity index (χ0) is 12.5. The van der Waals surface area contributed by atoms with Gasteiger partial charge in [0.05, 0.1) is 12.1 Å². The molecule has 3 rings (SSSR count). The predicted molar refractivity (Wildman–Crippen MR) is 81.6 cm³/mol. The van der Waals surface area contributed by atoms with Gasteiger partial charge in [-0.3, -0.25) is 4.79 Å². The summed E-state index contributed by atoms with van der Waals surface area (Å²) in [5.41, 5.74) is 2.64. The number of nitrogens with one attached hydrogen (secondary N) is 2. The first-order valence-electron chi connectivity index (χ1n) is 6.56. The lowest BCUT2D eigenvalue weighted by molar-refractivity contribution is -0.123. The van der Waals surface area contributed by atoms with Crippen molar-refractivity contribution in [2.45, 2.75) is 37.8 Å². The summed E-state index contributed by atoms with van der Waals surface area (Å²) in [5.74, 6) is 0.160. The molecule has 104 valence electrons. The van der Waals surface area contributed by atoms with Crippen LogP contribution in [0, 0.1) is 0 Å². The fourth-order valence-corrected chi connectivity index (χ4v) is 3.33. The van der Waals surface area contributed by atoms with Gasteiger partial charge in [-0.25, -0.2) is 0 Å². The highest BCUT2D eigenvalue weighted by molar-refractivity contribution is 9.10. The van der Waals surface area contributed by atoms with Crippen LogP contribution < -0.4 is 10.6 Å². The van der Waals surface area contributed by atoms with E-state index in [9.17, 15) is 4.79 Å². The van der Waals surface area contributed by atoms with E-state index in [4.69, 9.17) is 0 Å². The zero-order valence-corrected chi connectivity index (χ0v) is 13.0. The van der Waals surface area contributed by atoms with E-state index in [1.807, 2.05) is 0 Å². The first-order chi connectivity index (χ1) is 8.74. The fraction of sp³-hybridized carbons (Fsp3) is 0.500. The highest BCUT2D eigenvalue weighted by Crippen LogP contribution is 2.33. The summed E-state index contributed by atoms with van der Waals surface area (Å²) in [7, 11) is 0. The van der Waals surface area contributed by atoms with Crippen molar-refractivity contribution in [1.29, 1.82) is 0 Å². The number of carbonyl (C=O) groups excluding carboxylic acids is 1. The molecule has 1 aliphatic heterocycles. The third kappa shape index (κ3) is 3.12. The Bertz CT molecular complexity index is 475. The van der Waals surface area contributed by atoms with Gasteiger partial charge in [0.15, 0.2) is 0 Å². The quantitative estimate of drug-likeness (QED) is 0.865. The van der Waals surface area contributed by atoms with Crippen LogP contribution in [-0.4, -0.2) is 18.5 Å². The van der Waals surface area contributed by atoms with Crippen LogP contribution in [0.2, 0.25) is 0 Å². The first kappa shape index (κ1) is 14.8. The van der Waals surface area contributed by atoms with Crippen LogP contribution in [0.15, 0.2) is 22.7 Å². The van der Waals surface area contributed by atoms with Crippen LogP contribution in [0.4, 0.5) is 0 Å². The Hall–Kier alpha value is -0.580. The molecule has 1 saturated heterocycles. The monoisotopic (exact) mass is 344 g/mol. The molecule has 1 fully saturated rings. The number of carbonyl (C=O) groups is 1. The van der Waals surface area contributed by atoms with Gasteiger partial charge in [0.1, 0.15) is 0 Å². The molecule has 2 aliphatic rings. The summed E-state index contributed by atoms with van der Waals surface area (Å²) >= 11 is 3.49. The summed E-state index contributed by atoms with van der Waals surface area (Å²) in [6.07, 6.45) is 4.14. The van der Waals surface area contributed by atoms with Crippen molar-refractivity contribution in [2.75, 3.05) is 6.54 Å². The number of amides is 1. The number of benzene rings is 1. The van der Waals surface area contributed by atoms with Crippen molar-refractivity contribution in [3.8, 4) is 0 Å². The molecule has 1 aromatic rings. The number of hydrogen-bond acceptors (Lipinski definition) is 2. The lowest BCUT2D eigenvalue weighted by Gasteiger charge is -2.17. The molecular weight excluding hydrogens is 328 g/mol. The Morgan fingerprint density at radius 3 is 2.95 bits per heavy atom. The van der Waals surface area contributed by atoms with Crippen molar-refractivity contribution in [3.05, 3.63) is 33.8 Å². The number of halogens is 2. The fourth-order valence-electron chi connectivity index (χ4n) is 2.92. The van der Waals surface area contributed by atoms with Gasteiger partial charge in [0.25, 0.3) is 0 Å². The zero-order valence-electron chi connectivity index (χ0n) is 10.6. The van der Waals surface area contributed by atoms with E-state index >= 15 is 0 Å². The molecule has 1 amide bonds. The van der Waals surface area contributed by atoms with Crippen LogP contribution in [0.5, 0.6) is 0 Å². The molecule has 1 aliphatic carbocycles. The molecular formula is C14H18BrClN2O. The van der Waals surface area contributed by atoms with E-state index in [-0.39, 0.29) is 30.4 Å². The average molecular weight is 346 g/mol. The molecule has 0 saturated carbocycles. The second kappa shape index (κ2) is 6.25. The van der Waals surface area contributed by atoms with Crippen molar-refractivity contribution >= 4 is 34.2 Å². The Balaban J connectivity index is 0.00000133. The summed E-state index contributed by atoms with van der Waals surface area (Å²) in [4.78, 5) is 12.1. The second-order valence-corrected chi connectivity index (χ2v) is 6.01. The van der Waals surface area contributed by atoms with E-state index in [0.717, 1.165) is 36.7 Å². The molecule has 5 heteroatoms. The van der Waals surface area contributed by atoms with Crippen LogP contribution >= 0.6 is 28.3 Å². The molecule has 0 spiro atoms. The van der Waals surface area contributed by atoms with Crippen LogP contribution in [0.3, 0.4) is 0 Å². The number of hydrogen-bond donors (Lipinski definition) is 2. The Kier molecular flexibility index (Phi) is 4.87. The third-order valence-electron chi connectivity index (χ3n) is 3.88. The van der Waals surface area contributed by atoms with Gasteiger partial charge in [0, 0.05) is 4.47 Å². The van der Waals surface area contributed by atoms with Crippen LogP contribution in [0.1, 0.15) is 36.4 Å². The lowest BCUT2D eigenvalue weighted by Crippen LogP contribution is -2.41. The maximum Gasteiger partial charge on any atom is 0.237 e. The molecule has 2 atom stereocenters. The highest BCUT2D eigenvalue weighted by atomic mass is 79.9. The summed E-state index contributed by atoms with van der Waals surface area (Å²) in [5, 5.41) is 6.42. The number of fused-ring (bicyclic) bond motifs is 1. The van der Waals surface area contributed by atoms with E-state index in [1.165, 1.54) is 11.1 Å². The molecule has 1 heterocycles. The first-order valence-corrected chi connectivity index (χ1v) is 7.35. The molecule has 19 heavy (non-hydrogen) atoms. The van der Waals surface area contributed by atoms with Crippen molar-refractivity contribution < 1.29 is 4.79 Å². The van der Waals surface area contributed by atoms with Gasteiger partial charge in [-0.1, -0.05) is 22.0 Å². The topological polar surface area (TPSA) is 41.1 Å². The molecule has 0 bridgehead atoms. The standard InChI is InChI=1S/C14H17BrN2O.ClH/c15-10-4-5-11-9(8-10)3-6-12(11)17-14(18)13-2-1-7-16-13;/h4-5,8,12-13,16H,1-3,6-7H2,(H,17,18);1H. The van der Waals surface area contributed by atoms with E-state index in [1.54, 1.807) is 0 Å². The minimum Gasteiger partial charge on any atom is -0.348 e. The molecule has 1 aromatic carbocycles. The van der Waals surface area contributed by atoms with Crippen molar-refractivity contribution in [1.82, 2.24) is 10.6 Å². The largest absolute Gasteiger partial charge is 0.348 e. The predicted octanol–water partition coefficient (Wildman–Crippen LogP) is 2.73. The van der Waals surface area contributed by atoms with Crippen LogP contribution in [-0.2, 0) is 11.2 Å². The molecule has 0 radical (unpaired) electrons. The van der Waals surface area contributed by atoms with Gasteiger partial charge in [-0.05, 0) is 55.5 Å². The van der Waals surface area contributed by atoms with Gasteiger partial charge in [-0.2, -0.15) is 0 Å². The number of rotatable bonds is 2. The van der Waals surface area contributed by atoms with Crippen molar-refractivity contribution in [2.24, 2.45) is 0 Å². The molecule has 0 aromatic heterocycles. The number of aryl methyl sites for hydroxylation is 1. The van der Waals surface area contributed by atoms with Crippen LogP contribution in [0.25, 0.3) is 0 Å². The Morgan fingerprint density at radius 1 is 1.37 bits per heavy atom. The minimum atomic E-state index is 0. The Morgan fingerprint density at radius 2 is 2.21 bits per heavy atom. The summed E-state index contributed by atoms with van der Waals surface area (Å²) < 4.78 is 1.12. The normalized spacial score (nSPS) is 24.7. The van der Waals surface area contributed by atoms with E-state index < -0.39 is 0 Å². The Labute approximate surface area is 128 Å².